The van der Waals surface area contributed by atoms with Crippen LogP contribution in [0.15, 0.2) is 53.1 Å². The highest BCUT2D eigenvalue weighted by molar-refractivity contribution is 9.10. The van der Waals surface area contributed by atoms with E-state index in [0.29, 0.717) is 6.61 Å². The molecule has 0 bridgehead atoms. The van der Waals surface area contributed by atoms with E-state index in [0.717, 1.165) is 22.5 Å². The molecule has 1 N–H and O–H groups in total. The lowest BCUT2D eigenvalue weighted by Crippen LogP contribution is -2.24. The minimum Gasteiger partial charge on any atom is -0.492 e. The minimum atomic E-state index is 0.231. The molecular formula is C15H17BrN2O. The Morgan fingerprint density at radius 3 is 2.68 bits per heavy atom. The van der Waals surface area contributed by atoms with Crippen molar-refractivity contribution in [2.45, 2.75) is 13.0 Å². The third-order valence-electron chi connectivity index (χ3n) is 2.77. The van der Waals surface area contributed by atoms with E-state index >= 15 is 0 Å². The standard InChI is InChI=1S/C15H17BrN2O/c1-12(15-4-2-3-9-18-15)17-10-11-19-14-7-5-13(16)6-8-14/h2-9,12,17H,10-11H2,1H3. The fourth-order valence-electron chi connectivity index (χ4n) is 1.71. The molecule has 4 heteroatoms. The highest BCUT2D eigenvalue weighted by Gasteiger charge is 2.04. The Morgan fingerprint density at radius 2 is 2.00 bits per heavy atom. The fraction of sp³-hybridized carbons (Fsp3) is 0.267. The van der Waals surface area contributed by atoms with Crippen molar-refractivity contribution >= 4 is 15.9 Å². The number of aromatic nitrogens is 1. The molecule has 1 aromatic carbocycles. The van der Waals surface area contributed by atoms with Crippen LogP contribution in [0.2, 0.25) is 0 Å². The lowest BCUT2D eigenvalue weighted by Gasteiger charge is -2.13. The molecule has 0 amide bonds. The van der Waals surface area contributed by atoms with E-state index in [2.05, 4.69) is 33.2 Å². The van der Waals surface area contributed by atoms with Crippen molar-refractivity contribution in [2.75, 3.05) is 13.2 Å². The Balaban J connectivity index is 1.71. The van der Waals surface area contributed by atoms with Crippen LogP contribution < -0.4 is 10.1 Å². The number of halogens is 1. The summed E-state index contributed by atoms with van der Waals surface area (Å²) in [5.41, 5.74) is 1.05. The Morgan fingerprint density at radius 1 is 1.21 bits per heavy atom. The Bertz CT molecular complexity index is 487. The van der Waals surface area contributed by atoms with Crippen molar-refractivity contribution in [1.82, 2.24) is 10.3 Å². The number of ether oxygens (including phenoxy) is 1. The predicted octanol–water partition coefficient (Wildman–Crippen LogP) is 3.57. The monoisotopic (exact) mass is 320 g/mol. The van der Waals surface area contributed by atoms with Gasteiger partial charge in [-0.25, -0.2) is 0 Å². The quantitative estimate of drug-likeness (QED) is 0.826. The van der Waals surface area contributed by atoms with Crippen LogP contribution in [0.25, 0.3) is 0 Å². The van der Waals surface area contributed by atoms with Crippen molar-refractivity contribution in [3.8, 4) is 5.75 Å². The second kappa shape index (κ2) is 7.26. The molecule has 1 aromatic heterocycles. The molecule has 0 aliphatic rings. The maximum atomic E-state index is 5.64. The van der Waals surface area contributed by atoms with Crippen LogP contribution in [0.4, 0.5) is 0 Å². The maximum Gasteiger partial charge on any atom is 0.119 e. The normalized spacial score (nSPS) is 12.1. The van der Waals surface area contributed by atoms with Gasteiger partial charge in [0.2, 0.25) is 0 Å². The van der Waals surface area contributed by atoms with Crippen molar-refractivity contribution in [3.05, 3.63) is 58.8 Å². The van der Waals surface area contributed by atoms with Crippen LogP contribution in [0.3, 0.4) is 0 Å². The molecule has 2 aromatic rings. The summed E-state index contributed by atoms with van der Waals surface area (Å²) in [6, 6.07) is 14.0. The molecular weight excluding hydrogens is 304 g/mol. The molecule has 0 radical (unpaired) electrons. The van der Waals surface area contributed by atoms with Gasteiger partial charge < -0.3 is 10.1 Å². The van der Waals surface area contributed by atoms with Gasteiger partial charge in [0.15, 0.2) is 0 Å². The molecule has 1 unspecified atom stereocenters. The fourth-order valence-corrected chi connectivity index (χ4v) is 1.98. The summed E-state index contributed by atoms with van der Waals surface area (Å²) in [7, 11) is 0. The van der Waals surface area contributed by atoms with Crippen LogP contribution in [-0.4, -0.2) is 18.1 Å². The van der Waals surface area contributed by atoms with E-state index in [4.69, 9.17) is 4.74 Å². The molecule has 1 heterocycles. The smallest absolute Gasteiger partial charge is 0.119 e. The van der Waals surface area contributed by atoms with Gasteiger partial charge >= 0.3 is 0 Å². The first-order valence-corrected chi connectivity index (χ1v) is 7.07. The largest absolute Gasteiger partial charge is 0.492 e. The zero-order valence-corrected chi connectivity index (χ0v) is 12.4. The molecule has 0 saturated heterocycles. The van der Waals surface area contributed by atoms with Gasteiger partial charge in [-0.3, -0.25) is 4.98 Å². The molecule has 0 fully saturated rings. The van der Waals surface area contributed by atoms with Gasteiger partial charge in [0.25, 0.3) is 0 Å². The number of nitrogens with zero attached hydrogens (tertiary/aromatic N) is 1. The summed E-state index contributed by atoms with van der Waals surface area (Å²) >= 11 is 3.40. The topological polar surface area (TPSA) is 34.1 Å². The third kappa shape index (κ3) is 4.65. The zero-order chi connectivity index (χ0) is 13.5. The van der Waals surface area contributed by atoms with E-state index in [1.165, 1.54) is 0 Å². The highest BCUT2D eigenvalue weighted by Crippen LogP contribution is 2.15. The van der Waals surface area contributed by atoms with Gasteiger partial charge in [0.05, 0.1) is 5.69 Å². The zero-order valence-electron chi connectivity index (χ0n) is 10.8. The second-order valence-electron chi connectivity index (χ2n) is 4.23. The third-order valence-corrected chi connectivity index (χ3v) is 3.30. The summed E-state index contributed by atoms with van der Waals surface area (Å²) in [4.78, 5) is 4.32. The van der Waals surface area contributed by atoms with Crippen molar-refractivity contribution in [1.29, 1.82) is 0 Å². The van der Waals surface area contributed by atoms with Crippen molar-refractivity contribution < 1.29 is 4.74 Å². The Kier molecular flexibility index (Phi) is 5.36. The summed E-state index contributed by atoms with van der Waals surface area (Å²) < 4.78 is 6.70. The van der Waals surface area contributed by atoms with Gasteiger partial charge in [-0.05, 0) is 43.3 Å². The molecule has 0 saturated carbocycles. The van der Waals surface area contributed by atoms with Crippen LogP contribution >= 0.6 is 15.9 Å². The van der Waals surface area contributed by atoms with E-state index < -0.39 is 0 Å². The average molecular weight is 321 g/mol. The maximum absolute atomic E-state index is 5.64. The average Bonchev–Trinajstić information content (AvgIpc) is 2.46. The number of hydrogen-bond acceptors (Lipinski definition) is 3. The summed E-state index contributed by atoms with van der Waals surface area (Å²) in [6.07, 6.45) is 1.81. The van der Waals surface area contributed by atoms with Gasteiger partial charge in [-0.15, -0.1) is 0 Å². The molecule has 0 aliphatic carbocycles. The van der Waals surface area contributed by atoms with E-state index in [-0.39, 0.29) is 6.04 Å². The van der Waals surface area contributed by atoms with Gasteiger partial charge in [-0.2, -0.15) is 0 Å². The first-order valence-electron chi connectivity index (χ1n) is 6.28. The Labute approximate surface area is 122 Å². The molecule has 0 spiro atoms. The number of benzene rings is 1. The highest BCUT2D eigenvalue weighted by atomic mass is 79.9. The second-order valence-corrected chi connectivity index (χ2v) is 5.15. The lowest BCUT2D eigenvalue weighted by atomic mass is 10.2. The lowest BCUT2D eigenvalue weighted by molar-refractivity contribution is 0.307. The Hall–Kier alpha value is -1.39. The molecule has 1 atom stereocenters. The SMILES string of the molecule is CC(NCCOc1ccc(Br)cc1)c1ccccn1. The van der Waals surface area contributed by atoms with Crippen molar-refractivity contribution in [3.63, 3.8) is 0 Å². The van der Waals surface area contributed by atoms with E-state index in [9.17, 15) is 0 Å². The van der Waals surface area contributed by atoms with Gasteiger partial charge in [-0.1, -0.05) is 22.0 Å². The van der Waals surface area contributed by atoms with Crippen LogP contribution in [0, 0.1) is 0 Å². The molecule has 19 heavy (non-hydrogen) atoms. The van der Waals surface area contributed by atoms with Gasteiger partial charge in [0.1, 0.15) is 12.4 Å². The number of nitrogens with one attached hydrogen (secondary N) is 1. The van der Waals surface area contributed by atoms with Gasteiger partial charge in [0, 0.05) is 23.3 Å². The van der Waals surface area contributed by atoms with E-state index in [1.807, 2.05) is 48.7 Å². The van der Waals surface area contributed by atoms with Crippen molar-refractivity contribution in [2.24, 2.45) is 0 Å². The predicted molar refractivity (Wildman–Crippen MR) is 80.3 cm³/mol. The summed E-state index contributed by atoms with van der Waals surface area (Å²) in [6.45, 7) is 3.52. The molecule has 100 valence electrons. The number of pyridine rings is 1. The summed E-state index contributed by atoms with van der Waals surface area (Å²) in [5.74, 6) is 0.885. The van der Waals surface area contributed by atoms with Crippen LogP contribution in [0.1, 0.15) is 18.7 Å². The molecule has 2 rings (SSSR count). The summed E-state index contributed by atoms with van der Waals surface area (Å²) in [5, 5.41) is 3.38. The minimum absolute atomic E-state index is 0.231. The van der Waals surface area contributed by atoms with E-state index in [1.54, 1.807) is 0 Å². The first-order chi connectivity index (χ1) is 9.25. The molecule has 0 aliphatic heterocycles. The molecule has 3 nitrogen and oxygen atoms in total. The number of rotatable bonds is 6. The van der Waals surface area contributed by atoms with Crippen LogP contribution in [-0.2, 0) is 0 Å². The number of hydrogen-bond donors (Lipinski definition) is 1. The van der Waals surface area contributed by atoms with Crippen LogP contribution in [0.5, 0.6) is 5.75 Å². The first kappa shape index (κ1) is 14.0.